The highest BCUT2D eigenvalue weighted by Crippen LogP contribution is 2.39. The van der Waals surface area contributed by atoms with E-state index in [1.165, 1.54) is 5.56 Å². The van der Waals surface area contributed by atoms with Crippen molar-refractivity contribution in [2.75, 3.05) is 11.1 Å². The van der Waals surface area contributed by atoms with Crippen molar-refractivity contribution in [2.24, 2.45) is 0 Å². The number of aromatic nitrogens is 2. The molecule has 0 amide bonds. The molecule has 1 aromatic carbocycles. The molecular formula is C15H17BrN4. The summed E-state index contributed by atoms with van der Waals surface area (Å²) in [6.45, 7) is 4.00. The Kier molecular flexibility index (Phi) is 3.38. The Labute approximate surface area is 127 Å². The van der Waals surface area contributed by atoms with E-state index in [2.05, 4.69) is 44.2 Å². The number of nitrogen functional groups attached to an aromatic ring is 1. The molecule has 0 aliphatic heterocycles. The third kappa shape index (κ3) is 2.63. The molecule has 0 saturated heterocycles. The van der Waals surface area contributed by atoms with Crippen molar-refractivity contribution in [3.05, 3.63) is 39.6 Å². The second-order valence-electron chi connectivity index (χ2n) is 5.30. The number of anilines is 3. The molecule has 0 spiro atoms. The molecule has 1 heterocycles. The zero-order valence-electron chi connectivity index (χ0n) is 11.6. The molecular weight excluding hydrogens is 316 g/mol. The predicted octanol–water partition coefficient (Wildman–Crippen LogP) is 4.06. The van der Waals surface area contributed by atoms with Gasteiger partial charge in [-0.2, -0.15) is 0 Å². The second-order valence-corrected chi connectivity index (χ2v) is 6.16. The molecule has 104 valence electrons. The first-order chi connectivity index (χ1) is 9.54. The third-order valence-corrected chi connectivity index (χ3v) is 4.43. The van der Waals surface area contributed by atoms with Crippen molar-refractivity contribution in [3.8, 4) is 0 Å². The average Bonchev–Trinajstić information content (AvgIpc) is 3.23. The van der Waals surface area contributed by atoms with Gasteiger partial charge in [-0.1, -0.05) is 22.0 Å². The van der Waals surface area contributed by atoms with Crippen LogP contribution in [-0.4, -0.2) is 9.97 Å². The van der Waals surface area contributed by atoms with Crippen LogP contribution in [0.1, 0.15) is 35.7 Å². The lowest BCUT2D eigenvalue weighted by molar-refractivity contribution is 0.928. The quantitative estimate of drug-likeness (QED) is 0.889. The van der Waals surface area contributed by atoms with Gasteiger partial charge in [-0.05, 0) is 44.4 Å². The number of aryl methyl sites for hydroxylation is 1. The van der Waals surface area contributed by atoms with Crippen LogP contribution in [-0.2, 0) is 0 Å². The van der Waals surface area contributed by atoms with Gasteiger partial charge in [0.05, 0.1) is 0 Å². The lowest BCUT2D eigenvalue weighted by Crippen LogP contribution is -2.06. The van der Waals surface area contributed by atoms with Crippen LogP contribution in [0.2, 0.25) is 0 Å². The minimum absolute atomic E-state index is 0.489. The summed E-state index contributed by atoms with van der Waals surface area (Å²) in [5.74, 6) is 2.72. The minimum Gasteiger partial charge on any atom is -0.383 e. The highest BCUT2D eigenvalue weighted by Gasteiger charge is 2.27. The largest absolute Gasteiger partial charge is 0.383 e. The Morgan fingerprint density at radius 1 is 1.25 bits per heavy atom. The number of halogens is 1. The van der Waals surface area contributed by atoms with E-state index in [-0.39, 0.29) is 0 Å². The Morgan fingerprint density at radius 2 is 2.00 bits per heavy atom. The molecule has 20 heavy (non-hydrogen) atoms. The van der Waals surface area contributed by atoms with Crippen molar-refractivity contribution < 1.29 is 0 Å². The van der Waals surface area contributed by atoms with E-state index in [9.17, 15) is 0 Å². The summed E-state index contributed by atoms with van der Waals surface area (Å²) in [6.07, 6.45) is 2.33. The molecule has 0 bridgehead atoms. The Bertz CT molecular complexity index is 665. The fourth-order valence-corrected chi connectivity index (χ4v) is 2.38. The third-order valence-electron chi connectivity index (χ3n) is 3.58. The molecule has 1 aromatic heterocycles. The van der Waals surface area contributed by atoms with E-state index in [4.69, 9.17) is 5.73 Å². The summed E-state index contributed by atoms with van der Waals surface area (Å²) in [6, 6.07) is 6.15. The fourth-order valence-electron chi connectivity index (χ4n) is 2.01. The summed E-state index contributed by atoms with van der Waals surface area (Å²) < 4.78 is 1.07. The van der Waals surface area contributed by atoms with Crippen molar-refractivity contribution in [1.29, 1.82) is 0 Å². The Hall–Kier alpha value is -1.62. The molecule has 0 unspecified atom stereocenters. The maximum atomic E-state index is 5.99. The van der Waals surface area contributed by atoms with Gasteiger partial charge < -0.3 is 11.1 Å². The molecule has 0 radical (unpaired) electrons. The van der Waals surface area contributed by atoms with Gasteiger partial charge in [0.25, 0.3) is 0 Å². The van der Waals surface area contributed by atoms with Crippen molar-refractivity contribution in [2.45, 2.75) is 32.6 Å². The van der Waals surface area contributed by atoms with E-state index in [1.54, 1.807) is 0 Å². The zero-order valence-corrected chi connectivity index (χ0v) is 13.2. The van der Waals surface area contributed by atoms with Crippen LogP contribution in [0.4, 0.5) is 17.3 Å². The van der Waals surface area contributed by atoms with Gasteiger partial charge in [-0.15, -0.1) is 0 Å². The van der Waals surface area contributed by atoms with Crippen LogP contribution < -0.4 is 11.1 Å². The van der Waals surface area contributed by atoms with Crippen LogP contribution in [0.5, 0.6) is 0 Å². The Balaban J connectivity index is 1.94. The highest BCUT2D eigenvalue weighted by atomic mass is 79.9. The summed E-state index contributed by atoms with van der Waals surface area (Å²) in [5.41, 5.74) is 9.08. The first-order valence-electron chi connectivity index (χ1n) is 6.72. The summed E-state index contributed by atoms with van der Waals surface area (Å²) in [4.78, 5) is 9.01. The molecule has 1 saturated carbocycles. The standard InChI is InChI=1S/C15H17BrN4/c1-8-3-6-11(7-12(8)16)18-14-9(2)13(17)19-15(20-14)10-4-5-10/h3,6-7,10H,4-5H2,1-2H3,(H3,17,18,19,20). The molecule has 0 atom stereocenters. The highest BCUT2D eigenvalue weighted by molar-refractivity contribution is 9.10. The van der Waals surface area contributed by atoms with Crippen molar-refractivity contribution in [1.82, 2.24) is 9.97 Å². The summed E-state index contributed by atoms with van der Waals surface area (Å²) in [5, 5.41) is 3.34. The maximum absolute atomic E-state index is 5.99. The number of hydrogen-bond acceptors (Lipinski definition) is 4. The van der Waals surface area contributed by atoms with E-state index in [0.717, 1.165) is 40.2 Å². The molecule has 4 nitrogen and oxygen atoms in total. The SMILES string of the molecule is Cc1ccc(Nc2nc(C3CC3)nc(N)c2C)cc1Br. The van der Waals surface area contributed by atoms with E-state index >= 15 is 0 Å². The van der Waals surface area contributed by atoms with Crippen molar-refractivity contribution >= 4 is 33.3 Å². The van der Waals surface area contributed by atoms with E-state index in [0.29, 0.717) is 11.7 Å². The van der Waals surface area contributed by atoms with E-state index in [1.807, 2.05) is 19.1 Å². The number of nitrogens with one attached hydrogen (secondary N) is 1. The normalized spacial score (nSPS) is 14.3. The van der Waals surface area contributed by atoms with Gasteiger partial charge in [0, 0.05) is 21.6 Å². The van der Waals surface area contributed by atoms with Gasteiger partial charge in [-0.25, -0.2) is 9.97 Å². The molecule has 3 N–H and O–H groups in total. The van der Waals surface area contributed by atoms with Gasteiger partial charge in [0.1, 0.15) is 17.5 Å². The van der Waals surface area contributed by atoms with Crippen LogP contribution in [0, 0.1) is 13.8 Å². The topological polar surface area (TPSA) is 63.8 Å². The zero-order chi connectivity index (χ0) is 14.3. The molecule has 2 aromatic rings. The molecule has 1 aliphatic carbocycles. The minimum atomic E-state index is 0.489. The summed E-state index contributed by atoms with van der Waals surface area (Å²) in [7, 11) is 0. The number of hydrogen-bond donors (Lipinski definition) is 2. The first-order valence-corrected chi connectivity index (χ1v) is 7.51. The Morgan fingerprint density at radius 3 is 2.65 bits per heavy atom. The second kappa shape index (κ2) is 5.05. The van der Waals surface area contributed by atoms with Crippen LogP contribution in [0.15, 0.2) is 22.7 Å². The lowest BCUT2D eigenvalue weighted by Gasteiger charge is -2.12. The monoisotopic (exact) mass is 332 g/mol. The number of benzene rings is 1. The molecule has 1 fully saturated rings. The van der Waals surface area contributed by atoms with Gasteiger partial charge in [-0.3, -0.25) is 0 Å². The van der Waals surface area contributed by atoms with Crippen LogP contribution >= 0.6 is 15.9 Å². The molecule has 1 aliphatic rings. The predicted molar refractivity (Wildman–Crippen MR) is 85.3 cm³/mol. The maximum Gasteiger partial charge on any atom is 0.139 e. The van der Waals surface area contributed by atoms with Gasteiger partial charge in [0.2, 0.25) is 0 Å². The lowest BCUT2D eigenvalue weighted by atomic mass is 10.2. The number of nitrogens with two attached hydrogens (primary N) is 1. The molecule has 5 heteroatoms. The van der Waals surface area contributed by atoms with Crippen molar-refractivity contribution in [3.63, 3.8) is 0 Å². The van der Waals surface area contributed by atoms with Crippen LogP contribution in [0.25, 0.3) is 0 Å². The average molecular weight is 333 g/mol. The smallest absolute Gasteiger partial charge is 0.139 e. The fraction of sp³-hybridized carbons (Fsp3) is 0.333. The van der Waals surface area contributed by atoms with Gasteiger partial charge in [0.15, 0.2) is 0 Å². The summed E-state index contributed by atoms with van der Waals surface area (Å²) >= 11 is 3.54. The van der Waals surface area contributed by atoms with Gasteiger partial charge >= 0.3 is 0 Å². The van der Waals surface area contributed by atoms with Crippen LogP contribution in [0.3, 0.4) is 0 Å². The molecule has 3 rings (SSSR count). The number of nitrogens with zero attached hydrogens (tertiary/aromatic N) is 2. The first kappa shape index (κ1) is 13.4. The van der Waals surface area contributed by atoms with E-state index < -0.39 is 0 Å². The number of rotatable bonds is 3.